The first-order valence-corrected chi connectivity index (χ1v) is 6.69. The number of rotatable bonds is 4. The molecule has 0 aromatic carbocycles. The first-order chi connectivity index (χ1) is 9.08. The van der Waals surface area contributed by atoms with Gasteiger partial charge in [-0.3, -0.25) is 4.79 Å². The van der Waals surface area contributed by atoms with E-state index < -0.39 is 12.1 Å². The molecule has 2 rings (SSSR count). The summed E-state index contributed by atoms with van der Waals surface area (Å²) in [5.74, 6) is -1.20. The minimum atomic E-state index is -0.993. The van der Waals surface area contributed by atoms with Gasteiger partial charge in [-0.05, 0) is 6.92 Å². The van der Waals surface area contributed by atoms with Crippen LogP contribution >= 0.6 is 11.3 Å². The van der Waals surface area contributed by atoms with Crippen LogP contribution in [0.25, 0.3) is 0 Å². The maximum absolute atomic E-state index is 11.8. The highest BCUT2D eigenvalue weighted by molar-refractivity contribution is 7.13. The second-order valence-electron chi connectivity index (χ2n) is 4.11. The minimum Gasteiger partial charge on any atom is -0.477 e. The predicted octanol–water partition coefficient (Wildman–Crippen LogP) is -0.246. The number of carbonyl (C=O) groups is 2. The number of ether oxygens (including phenoxy) is 1. The number of nitrogens with one attached hydrogen (secondary N) is 2. The fourth-order valence-electron chi connectivity index (χ4n) is 1.74. The van der Waals surface area contributed by atoms with Gasteiger partial charge in [-0.2, -0.15) is 0 Å². The molecule has 1 unspecified atom stereocenters. The molecule has 0 bridgehead atoms. The molecular weight excluding hydrogens is 270 g/mol. The number of carbonyl (C=O) groups excluding carboxylic acids is 1. The van der Waals surface area contributed by atoms with E-state index in [0.717, 1.165) is 17.9 Å². The van der Waals surface area contributed by atoms with Crippen LogP contribution in [-0.2, 0) is 16.1 Å². The van der Waals surface area contributed by atoms with Crippen LogP contribution in [0.2, 0.25) is 0 Å². The van der Waals surface area contributed by atoms with E-state index in [2.05, 4.69) is 15.6 Å². The number of hydrogen-bond donors (Lipinski definition) is 3. The largest absolute Gasteiger partial charge is 0.477 e. The van der Waals surface area contributed by atoms with Crippen molar-refractivity contribution < 1.29 is 19.4 Å². The topological polar surface area (TPSA) is 101 Å². The van der Waals surface area contributed by atoms with Crippen LogP contribution in [0.4, 0.5) is 0 Å². The summed E-state index contributed by atoms with van der Waals surface area (Å²) in [7, 11) is 0. The minimum absolute atomic E-state index is 0.208. The maximum Gasteiger partial charge on any atom is 0.347 e. The Balaban J connectivity index is 1.89. The molecule has 0 aliphatic carbocycles. The van der Waals surface area contributed by atoms with E-state index in [9.17, 15) is 9.59 Å². The van der Waals surface area contributed by atoms with Crippen LogP contribution in [-0.4, -0.2) is 47.8 Å². The molecule has 0 spiro atoms. The number of thiazole rings is 1. The average Bonchev–Trinajstić information content (AvgIpc) is 2.78. The van der Waals surface area contributed by atoms with Crippen LogP contribution in [0.5, 0.6) is 0 Å². The Morgan fingerprint density at radius 3 is 3.00 bits per heavy atom. The Labute approximate surface area is 114 Å². The Morgan fingerprint density at radius 2 is 2.42 bits per heavy atom. The lowest BCUT2D eigenvalue weighted by atomic mass is 10.3. The summed E-state index contributed by atoms with van der Waals surface area (Å²) in [6.07, 6.45) is -0.492. The third-order valence-electron chi connectivity index (χ3n) is 2.67. The van der Waals surface area contributed by atoms with Crippen molar-refractivity contribution in [3.8, 4) is 0 Å². The number of carboxylic acid groups (broad SMARTS) is 1. The molecule has 0 radical (unpaired) electrons. The fraction of sp³-hybridized carbons (Fsp3) is 0.545. The monoisotopic (exact) mass is 285 g/mol. The van der Waals surface area contributed by atoms with Crippen molar-refractivity contribution in [1.29, 1.82) is 0 Å². The molecule has 1 aliphatic rings. The highest BCUT2D eigenvalue weighted by atomic mass is 32.1. The molecule has 2 heterocycles. The summed E-state index contributed by atoms with van der Waals surface area (Å²) in [4.78, 5) is 27.0. The summed E-state index contributed by atoms with van der Waals surface area (Å²) in [6.45, 7) is 3.61. The van der Waals surface area contributed by atoms with Gasteiger partial charge in [0.1, 0.15) is 16.0 Å². The lowest BCUT2D eigenvalue weighted by Gasteiger charge is -2.22. The van der Waals surface area contributed by atoms with Gasteiger partial charge in [-0.25, -0.2) is 9.78 Å². The molecule has 0 saturated carbocycles. The van der Waals surface area contributed by atoms with Crippen molar-refractivity contribution in [3.63, 3.8) is 0 Å². The first-order valence-electron chi connectivity index (χ1n) is 5.87. The molecule has 1 saturated heterocycles. The van der Waals surface area contributed by atoms with Crippen LogP contribution in [0.3, 0.4) is 0 Å². The molecule has 19 heavy (non-hydrogen) atoms. The molecule has 104 valence electrons. The summed E-state index contributed by atoms with van der Waals surface area (Å²) < 4.78 is 5.31. The van der Waals surface area contributed by atoms with Gasteiger partial charge in [0.25, 0.3) is 5.91 Å². The lowest BCUT2D eigenvalue weighted by Crippen LogP contribution is -2.47. The standard InChI is InChI=1S/C11H15N3O4S/c1-6-9(11(16)17)19-8(14-6)5-13-10(15)7-4-12-2-3-18-7/h7,12H,2-5H2,1H3,(H,13,15)(H,16,17). The second-order valence-corrected chi connectivity index (χ2v) is 5.19. The number of aromatic nitrogens is 1. The van der Waals surface area contributed by atoms with Crippen molar-refractivity contribution in [3.05, 3.63) is 15.6 Å². The van der Waals surface area contributed by atoms with Gasteiger partial charge >= 0.3 is 5.97 Å². The van der Waals surface area contributed by atoms with Crippen molar-refractivity contribution >= 4 is 23.2 Å². The average molecular weight is 285 g/mol. The van der Waals surface area contributed by atoms with Gasteiger partial charge in [-0.15, -0.1) is 11.3 Å². The lowest BCUT2D eigenvalue weighted by molar-refractivity contribution is -0.134. The van der Waals surface area contributed by atoms with Crippen molar-refractivity contribution in [2.75, 3.05) is 19.7 Å². The van der Waals surface area contributed by atoms with E-state index in [1.807, 2.05) is 0 Å². The van der Waals surface area contributed by atoms with Gasteiger partial charge in [0.05, 0.1) is 18.8 Å². The van der Waals surface area contributed by atoms with E-state index in [1.54, 1.807) is 6.92 Å². The molecule has 7 nitrogen and oxygen atoms in total. The molecule has 1 aromatic rings. The Morgan fingerprint density at radius 1 is 1.63 bits per heavy atom. The number of aromatic carboxylic acids is 1. The number of aryl methyl sites for hydroxylation is 1. The molecule has 1 amide bonds. The van der Waals surface area contributed by atoms with Gasteiger partial charge < -0.3 is 20.5 Å². The molecule has 3 N–H and O–H groups in total. The summed E-state index contributed by atoms with van der Waals surface area (Å²) in [6, 6.07) is 0. The highest BCUT2D eigenvalue weighted by Crippen LogP contribution is 2.17. The Hall–Kier alpha value is -1.51. The van der Waals surface area contributed by atoms with E-state index in [4.69, 9.17) is 9.84 Å². The summed E-state index contributed by atoms with van der Waals surface area (Å²) in [5, 5.41) is 15.3. The predicted molar refractivity (Wildman–Crippen MR) is 68.3 cm³/mol. The molecule has 1 fully saturated rings. The zero-order valence-electron chi connectivity index (χ0n) is 10.4. The van der Waals surface area contributed by atoms with Gasteiger partial charge in [0.15, 0.2) is 0 Å². The number of morpholine rings is 1. The van der Waals surface area contributed by atoms with Crippen LogP contribution in [0.1, 0.15) is 20.4 Å². The normalized spacial score (nSPS) is 19.1. The molecule has 1 aliphatic heterocycles. The summed E-state index contributed by atoms with van der Waals surface area (Å²) in [5.41, 5.74) is 0.470. The smallest absolute Gasteiger partial charge is 0.347 e. The fourth-order valence-corrected chi connectivity index (χ4v) is 2.58. The van der Waals surface area contributed by atoms with E-state index >= 15 is 0 Å². The quantitative estimate of drug-likeness (QED) is 0.705. The third-order valence-corrected chi connectivity index (χ3v) is 3.81. The van der Waals surface area contributed by atoms with Crippen molar-refractivity contribution in [2.45, 2.75) is 19.6 Å². The third kappa shape index (κ3) is 3.49. The second kappa shape index (κ2) is 6.09. The van der Waals surface area contributed by atoms with Crippen molar-refractivity contribution in [2.24, 2.45) is 0 Å². The van der Waals surface area contributed by atoms with Gasteiger partial charge in [-0.1, -0.05) is 0 Å². The molecule has 8 heteroatoms. The van der Waals surface area contributed by atoms with Crippen LogP contribution < -0.4 is 10.6 Å². The summed E-state index contributed by atoms with van der Waals surface area (Å²) >= 11 is 1.07. The van der Waals surface area contributed by atoms with Gasteiger partial charge in [0, 0.05) is 13.1 Å². The number of hydrogen-bond acceptors (Lipinski definition) is 6. The Kier molecular flexibility index (Phi) is 4.46. The molecule has 1 atom stereocenters. The van der Waals surface area contributed by atoms with Crippen molar-refractivity contribution in [1.82, 2.24) is 15.6 Å². The molecule has 1 aromatic heterocycles. The van der Waals surface area contributed by atoms with E-state index in [0.29, 0.717) is 23.9 Å². The van der Waals surface area contributed by atoms with Crippen LogP contribution in [0, 0.1) is 6.92 Å². The van der Waals surface area contributed by atoms with Gasteiger partial charge in [0.2, 0.25) is 0 Å². The SMILES string of the molecule is Cc1nc(CNC(=O)C2CNCCO2)sc1C(=O)O. The number of nitrogens with zero attached hydrogens (tertiary/aromatic N) is 1. The highest BCUT2D eigenvalue weighted by Gasteiger charge is 2.22. The van der Waals surface area contributed by atoms with Crippen LogP contribution in [0.15, 0.2) is 0 Å². The zero-order chi connectivity index (χ0) is 13.8. The maximum atomic E-state index is 11.8. The number of amides is 1. The van der Waals surface area contributed by atoms with E-state index in [-0.39, 0.29) is 17.3 Å². The molecular formula is C11H15N3O4S. The Bertz CT molecular complexity index is 482. The van der Waals surface area contributed by atoms with E-state index in [1.165, 1.54) is 0 Å². The first kappa shape index (κ1) is 13.9. The number of carboxylic acids is 1. The zero-order valence-corrected chi connectivity index (χ0v) is 11.2.